The zero-order chi connectivity index (χ0) is 17.2. The predicted octanol–water partition coefficient (Wildman–Crippen LogP) is 3.50. The fraction of sp³-hybridized carbons (Fsp3) is 0.842. The third-order valence-corrected chi connectivity index (χ3v) is 4.14. The lowest BCUT2D eigenvalue weighted by atomic mass is 10.1. The van der Waals surface area contributed by atoms with Gasteiger partial charge in [-0.3, -0.25) is 4.79 Å². The van der Waals surface area contributed by atoms with Crippen molar-refractivity contribution in [1.29, 1.82) is 0 Å². The van der Waals surface area contributed by atoms with E-state index in [4.69, 9.17) is 5.11 Å². The van der Waals surface area contributed by atoms with Crippen LogP contribution >= 0.6 is 0 Å². The molecule has 0 spiro atoms. The number of nitrogens with one attached hydrogen (secondary N) is 1. The molecule has 0 unspecified atom stereocenters. The summed E-state index contributed by atoms with van der Waals surface area (Å²) in [6, 6.07) is 0. The fourth-order valence-electron chi connectivity index (χ4n) is 2.61. The Morgan fingerprint density at radius 1 is 1.04 bits per heavy atom. The summed E-state index contributed by atoms with van der Waals surface area (Å²) in [6.45, 7) is 10.0. The van der Waals surface area contributed by atoms with Crippen molar-refractivity contribution in [2.75, 3.05) is 32.8 Å². The van der Waals surface area contributed by atoms with Crippen molar-refractivity contribution in [1.82, 2.24) is 10.2 Å². The maximum Gasteiger partial charge on any atom is 0.220 e. The molecular weight excluding hydrogens is 288 g/mol. The molecule has 0 aliphatic heterocycles. The van der Waals surface area contributed by atoms with Gasteiger partial charge in [-0.25, -0.2) is 0 Å². The second-order valence-electron chi connectivity index (χ2n) is 6.16. The average molecular weight is 327 g/mol. The lowest BCUT2D eigenvalue weighted by molar-refractivity contribution is -0.121. The lowest BCUT2D eigenvalue weighted by Crippen LogP contribution is -2.35. The van der Waals surface area contributed by atoms with E-state index < -0.39 is 0 Å². The Hall–Kier alpha value is -0.870. The first kappa shape index (κ1) is 22.1. The van der Waals surface area contributed by atoms with Crippen LogP contribution in [0.3, 0.4) is 0 Å². The maximum atomic E-state index is 11.6. The number of hydrogen-bond acceptors (Lipinski definition) is 3. The van der Waals surface area contributed by atoms with Crippen LogP contribution in [0.4, 0.5) is 0 Å². The Bertz CT molecular complexity index is 283. The average Bonchev–Trinajstić information content (AvgIpc) is 2.55. The van der Waals surface area contributed by atoms with Crippen LogP contribution in [-0.4, -0.2) is 48.7 Å². The minimum Gasteiger partial charge on any atom is -0.396 e. The summed E-state index contributed by atoms with van der Waals surface area (Å²) in [5.74, 6) is 0.158. The van der Waals surface area contributed by atoms with Gasteiger partial charge in [0.25, 0.3) is 0 Å². The molecule has 0 aromatic carbocycles. The van der Waals surface area contributed by atoms with Crippen molar-refractivity contribution in [2.45, 2.75) is 71.1 Å². The van der Waals surface area contributed by atoms with Gasteiger partial charge in [-0.15, -0.1) is 6.58 Å². The molecule has 0 aromatic heterocycles. The number of aliphatic hydroxyl groups excluding tert-OH is 1. The third kappa shape index (κ3) is 15.8. The number of carbonyl (C=O) groups is 1. The molecule has 0 aliphatic rings. The van der Waals surface area contributed by atoms with Gasteiger partial charge in [-0.2, -0.15) is 0 Å². The number of allylic oxidation sites excluding steroid dienone is 1. The van der Waals surface area contributed by atoms with Crippen molar-refractivity contribution in [3.05, 3.63) is 12.7 Å². The van der Waals surface area contributed by atoms with E-state index in [0.717, 1.165) is 51.9 Å². The zero-order valence-electron chi connectivity index (χ0n) is 15.2. The molecule has 0 atom stereocenters. The van der Waals surface area contributed by atoms with Crippen molar-refractivity contribution >= 4 is 5.91 Å². The molecule has 0 fully saturated rings. The normalized spacial score (nSPS) is 10.9. The van der Waals surface area contributed by atoms with Gasteiger partial charge in [-0.05, 0) is 38.8 Å². The number of unbranched alkanes of at least 4 members (excludes halogenated alkanes) is 7. The van der Waals surface area contributed by atoms with E-state index in [-0.39, 0.29) is 5.91 Å². The van der Waals surface area contributed by atoms with Crippen LogP contribution in [0, 0.1) is 0 Å². The van der Waals surface area contributed by atoms with Gasteiger partial charge >= 0.3 is 0 Å². The monoisotopic (exact) mass is 326 g/mol. The first-order valence-corrected chi connectivity index (χ1v) is 9.45. The summed E-state index contributed by atoms with van der Waals surface area (Å²) < 4.78 is 0. The van der Waals surface area contributed by atoms with Crippen molar-refractivity contribution < 1.29 is 9.90 Å². The van der Waals surface area contributed by atoms with Gasteiger partial charge in [-0.1, -0.05) is 45.1 Å². The Kier molecular flexibility index (Phi) is 16.8. The van der Waals surface area contributed by atoms with E-state index in [1.807, 2.05) is 6.08 Å². The van der Waals surface area contributed by atoms with E-state index >= 15 is 0 Å². The molecule has 0 saturated carbocycles. The summed E-state index contributed by atoms with van der Waals surface area (Å²) in [5.41, 5.74) is 0. The number of amides is 1. The minimum absolute atomic E-state index is 0.158. The van der Waals surface area contributed by atoms with Crippen LogP contribution in [0.15, 0.2) is 12.7 Å². The smallest absolute Gasteiger partial charge is 0.220 e. The molecule has 0 rings (SSSR count). The second kappa shape index (κ2) is 17.5. The molecule has 0 heterocycles. The standard InChI is InChI=1S/C19H38N2O2/c1-3-5-11-14-19(23)20-15-17-21(4-2)16-12-9-7-6-8-10-13-18-22/h3,22H,1,4-18H2,2H3,(H,20,23). The summed E-state index contributed by atoms with van der Waals surface area (Å²) in [4.78, 5) is 14.0. The van der Waals surface area contributed by atoms with Gasteiger partial charge in [0.05, 0.1) is 0 Å². The molecule has 0 radical (unpaired) electrons. The van der Waals surface area contributed by atoms with Crippen molar-refractivity contribution in [3.8, 4) is 0 Å². The van der Waals surface area contributed by atoms with Gasteiger partial charge in [0, 0.05) is 26.1 Å². The van der Waals surface area contributed by atoms with Crippen LogP contribution < -0.4 is 5.32 Å². The third-order valence-electron chi connectivity index (χ3n) is 4.14. The lowest BCUT2D eigenvalue weighted by Gasteiger charge is -2.20. The quantitative estimate of drug-likeness (QED) is 0.318. The molecule has 136 valence electrons. The highest BCUT2D eigenvalue weighted by molar-refractivity contribution is 5.75. The van der Waals surface area contributed by atoms with Gasteiger partial charge < -0.3 is 15.3 Å². The fourth-order valence-corrected chi connectivity index (χ4v) is 2.61. The SMILES string of the molecule is C=CCCCC(=O)NCCN(CC)CCCCCCCCCO. The highest BCUT2D eigenvalue weighted by Gasteiger charge is 2.04. The van der Waals surface area contributed by atoms with E-state index in [0.29, 0.717) is 13.0 Å². The number of rotatable bonds is 17. The van der Waals surface area contributed by atoms with Crippen LogP contribution in [0.5, 0.6) is 0 Å². The first-order chi connectivity index (χ1) is 11.2. The van der Waals surface area contributed by atoms with Crippen LogP contribution in [-0.2, 0) is 4.79 Å². The zero-order valence-corrected chi connectivity index (χ0v) is 15.2. The maximum absolute atomic E-state index is 11.6. The van der Waals surface area contributed by atoms with Crippen molar-refractivity contribution in [3.63, 3.8) is 0 Å². The number of aliphatic hydroxyl groups is 1. The topological polar surface area (TPSA) is 52.6 Å². The molecule has 4 nitrogen and oxygen atoms in total. The highest BCUT2D eigenvalue weighted by atomic mass is 16.2. The van der Waals surface area contributed by atoms with Gasteiger partial charge in [0.1, 0.15) is 0 Å². The minimum atomic E-state index is 0.158. The summed E-state index contributed by atoms with van der Waals surface area (Å²) in [7, 11) is 0. The second-order valence-corrected chi connectivity index (χ2v) is 6.16. The van der Waals surface area contributed by atoms with Crippen LogP contribution in [0.2, 0.25) is 0 Å². The number of carbonyl (C=O) groups excluding carboxylic acids is 1. The number of nitrogens with zero attached hydrogens (tertiary/aromatic N) is 1. The van der Waals surface area contributed by atoms with Gasteiger partial charge in [0.15, 0.2) is 0 Å². The van der Waals surface area contributed by atoms with E-state index in [9.17, 15) is 4.79 Å². The Balaban J connectivity index is 3.48. The molecule has 0 saturated heterocycles. The first-order valence-electron chi connectivity index (χ1n) is 9.45. The molecule has 1 amide bonds. The Morgan fingerprint density at radius 3 is 2.30 bits per heavy atom. The van der Waals surface area contributed by atoms with Crippen LogP contribution in [0.25, 0.3) is 0 Å². The van der Waals surface area contributed by atoms with Crippen molar-refractivity contribution in [2.24, 2.45) is 0 Å². The molecule has 23 heavy (non-hydrogen) atoms. The molecule has 4 heteroatoms. The largest absolute Gasteiger partial charge is 0.396 e. The molecule has 0 aliphatic carbocycles. The summed E-state index contributed by atoms with van der Waals surface area (Å²) >= 11 is 0. The molecule has 2 N–H and O–H groups in total. The van der Waals surface area contributed by atoms with Gasteiger partial charge in [0.2, 0.25) is 5.91 Å². The Labute approximate surface area is 143 Å². The molecule has 0 bridgehead atoms. The number of likely N-dealkylation sites (N-methyl/N-ethyl adjacent to an activating group) is 1. The highest BCUT2D eigenvalue weighted by Crippen LogP contribution is 2.07. The Morgan fingerprint density at radius 2 is 1.70 bits per heavy atom. The van der Waals surface area contributed by atoms with Crippen LogP contribution in [0.1, 0.15) is 71.1 Å². The molecule has 0 aromatic rings. The summed E-state index contributed by atoms with van der Waals surface area (Å²) in [6.07, 6.45) is 12.7. The molecular formula is C19H38N2O2. The van der Waals surface area contributed by atoms with E-state index in [1.54, 1.807) is 0 Å². The summed E-state index contributed by atoms with van der Waals surface area (Å²) in [5, 5.41) is 11.7. The van der Waals surface area contributed by atoms with E-state index in [2.05, 4.69) is 23.7 Å². The number of hydrogen-bond donors (Lipinski definition) is 2. The van der Waals surface area contributed by atoms with E-state index in [1.165, 1.54) is 32.1 Å². The predicted molar refractivity (Wildman–Crippen MR) is 98.6 cm³/mol.